The zero-order valence-corrected chi connectivity index (χ0v) is 8.43. The molecule has 0 saturated carbocycles. The lowest BCUT2D eigenvalue weighted by Gasteiger charge is -2.21. The lowest BCUT2D eigenvalue weighted by molar-refractivity contribution is -0.137. The Morgan fingerprint density at radius 2 is 1.93 bits per heavy atom. The minimum absolute atomic E-state index is 0.0926. The lowest BCUT2D eigenvalue weighted by atomic mass is 10.7. The zero-order chi connectivity index (χ0) is 11.4. The SMILES string of the molecule is COC(=O)N(CC(=O)O)P(=O)(O)OC. The van der Waals surface area contributed by atoms with Crippen molar-refractivity contribution >= 4 is 19.8 Å². The Labute approximate surface area is 79.6 Å². The number of ether oxygens (including phenoxy) is 1. The summed E-state index contributed by atoms with van der Waals surface area (Å²) in [5, 5.41) is 8.35. The van der Waals surface area contributed by atoms with Crippen molar-refractivity contribution in [2.75, 3.05) is 20.8 Å². The Morgan fingerprint density at radius 1 is 1.43 bits per heavy atom. The van der Waals surface area contributed by atoms with Gasteiger partial charge in [-0.3, -0.25) is 9.32 Å². The van der Waals surface area contributed by atoms with Gasteiger partial charge in [0.15, 0.2) is 0 Å². The highest BCUT2D eigenvalue weighted by molar-refractivity contribution is 7.51. The molecule has 1 atom stereocenters. The van der Waals surface area contributed by atoms with Crippen LogP contribution in [0.15, 0.2) is 0 Å². The summed E-state index contributed by atoms with van der Waals surface area (Å²) >= 11 is 0. The number of carboxylic acids is 1. The van der Waals surface area contributed by atoms with Crippen LogP contribution in [0, 0.1) is 0 Å². The minimum Gasteiger partial charge on any atom is -0.480 e. The first-order valence-electron chi connectivity index (χ1n) is 3.31. The lowest BCUT2D eigenvalue weighted by Crippen LogP contribution is -2.33. The number of rotatable bonds is 4. The third-order valence-corrected chi connectivity index (χ3v) is 2.60. The van der Waals surface area contributed by atoms with E-state index < -0.39 is 26.4 Å². The predicted octanol–water partition coefficient (Wildman–Crippen LogP) is -0.114. The van der Waals surface area contributed by atoms with Crippen molar-refractivity contribution < 1.29 is 33.4 Å². The number of nitrogens with zero attached hydrogens (tertiary/aromatic N) is 1. The number of carbonyl (C=O) groups is 2. The molecule has 0 fully saturated rings. The van der Waals surface area contributed by atoms with Crippen LogP contribution in [0.4, 0.5) is 4.79 Å². The van der Waals surface area contributed by atoms with E-state index in [9.17, 15) is 14.2 Å². The summed E-state index contributed by atoms with van der Waals surface area (Å²) < 4.78 is 19.4. The molecule has 2 N–H and O–H groups in total. The van der Waals surface area contributed by atoms with E-state index in [0.29, 0.717) is 0 Å². The van der Waals surface area contributed by atoms with E-state index in [1.54, 1.807) is 0 Å². The normalized spacial score (nSPS) is 14.2. The van der Waals surface area contributed by atoms with Crippen LogP contribution < -0.4 is 0 Å². The van der Waals surface area contributed by atoms with Gasteiger partial charge in [-0.25, -0.2) is 14.0 Å². The molecule has 0 bridgehead atoms. The standard InChI is InChI=1S/C5H10NO7P/c1-12-5(9)6(3-4(7)8)14(10,11)13-2/h3H2,1-2H3,(H,7,8)(H,10,11). The van der Waals surface area contributed by atoms with E-state index in [2.05, 4.69) is 9.26 Å². The summed E-state index contributed by atoms with van der Waals surface area (Å²) in [6.07, 6.45) is -1.25. The van der Waals surface area contributed by atoms with E-state index in [-0.39, 0.29) is 4.67 Å². The Morgan fingerprint density at radius 3 is 2.21 bits per heavy atom. The molecule has 0 aromatic carbocycles. The van der Waals surface area contributed by atoms with E-state index >= 15 is 0 Å². The second kappa shape index (κ2) is 4.94. The van der Waals surface area contributed by atoms with E-state index in [4.69, 9.17) is 10.00 Å². The van der Waals surface area contributed by atoms with Crippen molar-refractivity contribution in [3.63, 3.8) is 0 Å². The second-order valence-corrected chi connectivity index (χ2v) is 3.92. The van der Waals surface area contributed by atoms with Crippen LogP contribution in [0.5, 0.6) is 0 Å². The molecule has 82 valence electrons. The highest BCUT2D eigenvalue weighted by Crippen LogP contribution is 2.45. The van der Waals surface area contributed by atoms with Gasteiger partial charge in [0, 0.05) is 7.11 Å². The Bertz CT molecular complexity index is 277. The molecule has 0 spiro atoms. The summed E-state index contributed by atoms with van der Waals surface area (Å²) in [7, 11) is -2.61. The molecule has 0 aromatic rings. The van der Waals surface area contributed by atoms with Gasteiger partial charge in [-0.1, -0.05) is 0 Å². The molecule has 0 saturated heterocycles. The first-order chi connectivity index (χ1) is 6.35. The molecule has 0 aliphatic carbocycles. The predicted molar refractivity (Wildman–Crippen MR) is 43.6 cm³/mol. The number of hydrogen-bond donors (Lipinski definition) is 2. The van der Waals surface area contributed by atoms with Gasteiger partial charge in [0.1, 0.15) is 6.54 Å². The second-order valence-electron chi connectivity index (χ2n) is 2.09. The van der Waals surface area contributed by atoms with Crippen LogP contribution in [-0.4, -0.2) is 47.5 Å². The quantitative estimate of drug-likeness (QED) is 0.643. The van der Waals surface area contributed by atoms with Crippen molar-refractivity contribution in [3.8, 4) is 0 Å². The molecular formula is C5H10NO7P. The molecule has 0 heterocycles. The monoisotopic (exact) mass is 227 g/mol. The van der Waals surface area contributed by atoms with Gasteiger partial charge in [0.05, 0.1) is 7.11 Å². The highest BCUT2D eigenvalue weighted by Gasteiger charge is 2.35. The van der Waals surface area contributed by atoms with Gasteiger partial charge in [-0.2, -0.15) is 0 Å². The van der Waals surface area contributed by atoms with E-state index in [0.717, 1.165) is 14.2 Å². The smallest absolute Gasteiger partial charge is 0.437 e. The van der Waals surface area contributed by atoms with E-state index in [1.165, 1.54) is 0 Å². The molecule has 1 amide bonds. The van der Waals surface area contributed by atoms with Crippen LogP contribution >= 0.6 is 7.75 Å². The number of aliphatic carboxylic acids is 1. The van der Waals surface area contributed by atoms with Crippen LogP contribution in [0.25, 0.3) is 0 Å². The highest BCUT2D eigenvalue weighted by atomic mass is 31.2. The third kappa shape index (κ3) is 3.33. The first kappa shape index (κ1) is 12.9. The largest absolute Gasteiger partial charge is 0.480 e. The Balaban J connectivity index is 4.81. The number of carboxylic acid groups (broad SMARTS) is 1. The summed E-state index contributed by atoms with van der Waals surface area (Å²) in [5.41, 5.74) is 0. The summed E-state index contributed by atoms with van der Waals surface area (Å²) in [4.78, 5) is 30.2. The number of amides is 1. The van der Waals surface area contributed by atoms with Crippen LogP contribution in [-0.2, 0) is 18.6 Å². The number of hydrogen-bond acceptors (Lipinski definition) is 5. The fourth-order valence-electron chi connectivity index (χ4n) is 0.589. The van der Waals surface area contributed by atoms with Gasteiger partial charge in [-0.15, -0.1) is 0 Å². The molecule has 8 nitrogen and oxygen atoms in total. The molecule has 0 aliphatic heterocycles. The summed E-state index contributed by atoms with van der Waals surface area (Å²) in [6.45, 7) is -0.978. The van der Waals surface area contributed by atoms with Crippen molar-refractivity contribution in [2.45, 2.75) is 0 Å². The molecule has 1 unspecified atom stereocenters. The molecular weight excluding hydrogens is 217 g/mol. The maximum absolute atomic E-state index is 11.1. The van der Waals surface area contributed by atoms with Crippen molar-refractivity contribution in [1.29, 1.82) is 0 Å². The van der Waals surface area contributed by atoms with Gasteiger partial charge >= 0.3 is 19.8 Å². The summed E-state index contributed by atoms with van der Waals surface area (Å²) in [6, 6.07) is 0. The van der Waals surface area contributed by atoms with Crippen LogP contribution in [0.2, 0.25) is 0 Å². The van der Waals surface area contributed by atoms with Crippen molar-refractivity contribution in [2.24, 2.45) is 0 Å². The van der Waals surface area contributed by atoms with Gasteiger partial charge in [-0.05, 0) is 0 Å². The zero-order valence-electron chi connectivity index (χ0n) is 7.54. The van der Waals surface area contributed by atoms with Gasteiger partial charge in [0.25, 0.3) is 0 Å². The average molecular weight is 227 g/mol. The fraction of sp³-hybridized carbons (Fsp3) is 0.600. The Kier molecular flexibility index (Phi) is 4.55. The van der Waals surface area contributed by atoms with Gasteiger partial charge in [0.2, 0.25) is 0 Å². The topological polar surface area (TPSA) is 113 Å². The molecule has 0 aliphatic rings. The molecule has 0 radical (unpaired) electrons. The van der Waals surface area contributed by atoms with Gasteiger partial charge < -0.3 is 14.7 Å². The molecule has 0 aromatic heterocycles. The molecule has 14 heavy (non-hydrogen) atoms. The maximum Gasteiger partial charge on any atom is 0.437 e. The fourth-order valence-corrected chi connectivity index (χ4v) is 1.37. The van der Waals surface area contributed by atoms with Crippen molar-refractivity contribution in [1.82, 2.24) is 4.67 Å². The average Bonchev–Trinajstić information content (AvgIpc) is 2.12. The van der Waals surface area contributed by atoms with Crippen LogP contribution in [0.3, 0.4) is 0 Å². The maximum atomic E-state index is 11.1. The number of carbonyl (C=O) groups excluding carboxylic acids is 1. The third-order valence-electron chi connectivity index (χ3n) is 1.21. The molecule has 9 heteroatoms. The van der Waals surface area contributed by atoms with Crippen LogP contribution in [0.1, 0.15) is 0 Å². The van der Waals surface area contributed by atoms with E-state index in [1.807, 2.05) is 0 Å². The minimum atomic E-state index is -4.43. The first-order valence-corrected chi connectivity index (χ1v) is 4.84. The Hall–Kier alpha value is -1.11. The number of methoxy groups -OCH3 is 1. The van der Waals surface area contributed by atoms with Crippen molar-refractivity contribution in [3.05, 3.63) is 0 Å². The summed E-state index contributed by atoms with van der Waals surface area (Å²) in [5.74, 6) is -1.46. The molecule has 0 rings (SSSR count).